The van der Waals surface area contributed by atoms with Crippen LogP contribution in [0.3, 0.4) is 0 Å². The van der Waals surface area contributed by atoms with E-state index < -0.39 is 0 Å². The Bertz CT molecular complexity index is 336. The number of benzene rings is 1. The maximum absolute atomic E-state index is 5.21. The van der Waals surface area contributed by atoms with Crippen molar-refractivity contribution in [1.82, 2.24) is 0 Å². The van der Waals surface area contributed by atoms with Crippen LogP contribution in [0.15, 0.2) is 29.2 Å². The van der Waals surface area contributed by atoms with Gasteiger partial charge in [-0.1, -0.05) is 22.0 Å². The Hall–Kier alpha value is -0.150. The Morgan fingerprint density at radius 2 is 2.27 bits per heavy atom. The summed E-state index contributed by atoms with van der Waals surface area (Å²) in [4.78, 5) is 1.31. The second-order valence-corrected chi connectivity index (χ2v) is 5.71. The molecule has 0 saturated heterocycles. The summed E-state index contributed by atoms with van der Waals surface area (Å²) >= 11 is 5.53. The number of thioether (sulfide) groups is 1. The minimum Gasteiger partial charge on any atom is -0.497 e. The fraction of sp³-hybridized carbons (Fsp3) is 0.500. The molecule has 82 valence electrons. The molecule has 0 aromatic heterocycles. The van der Waals surface area contributed by atoms with Crippen LogP contribution in [-0.2, 0) is 0 Å². The van der Waals surface area contributed by atoms with Crippen molar-refractivity contribution >= 4 is 27.7 Å². The number of methoxy groups -OCH3 is 1. The zero-order valence-corrected chi connectivity index (χ0v) is 11.2. The van der Waals surface area contributed by atoms with E-state index in [9.17, 15) is 0 Å². The van der Waals surface area contributed by atoms with Crippen molar-refractivity contribution in [3.63, 3.8) is 0 Å². The lowest BCUT2D eigenvalue weighted by Crippen LogP contribution is -2.04. The molecule has 3 heteroatoms. The highest BCUT2D eigenvalue weighted by Crippen LogP contribution is 2.50. The SMILES string of the molecule is COc1cccc(SCC2(CBr)CC2)c1. The van der Waals surface area contributed by atoms with Gasteiger partial charge in [-0.2, -0.15) is 0 Å². The number of ether oxygens (including phenoxy) is 1. The molecule has 0 bridgehead atoms. The summed E-state index contributed by atoms with van der Waals surface area (Å²) in [5, 5.41) is 1.14. The molecule has 0 N–H and O–H groups in total. The average molecular weight is 287 g/mol. The number of hydrogen-bond acceptors (Lipinski definition) is 2. The number of halogens is 1. The zero-order chi connectivity index (χ0) is 10.7. The van der Waals surface area contributed by atoms with E-state index in [0.29, 0.717) is 5.41 Å². The van der Waals surface area contributed by atoms with Crippen LogP contribution in [-0.4, -0.2) is 18.2 Å². The molecule has 0 radical (unpaired) electrons. The first-order valence-electron chi connectivity index (χ1n) is 5.11. The minimum absolute atomic E-state index is 0.577. The van der Waals surface area contributed by atoms with Crippen molar-refractivity contribution in [2.45, 2.75) is 17.7 Å². The van der Waals surface area contributed by atoms with Gasteiger partial charge >= 0.3 is 0 Å². The van der Waals surface area contributed by atoms with E-state index >= 15 is 0 Å². The predicted molar refractivity (Wildman–Crippen MR) is 69.2 cm³/mol. The first kappa shape index (κ1) is 11.3. The lowest BCUT2D eigenvalue weighted by molar-refractivity contribution is 0.413. The standard InChI is InChI=1S/C12H15BrOS/c1-14-10-3-2-4-11(7-10)15-9-12(8-13)5-6-12/h2-4,7H,5-6,8-9H2,1H3. The van der Waals surface area contributed by atoms with Gasteiger partial charge in [0.25, 0.3) is 0 Å². The van der Waals surface area contributed by atoms with Crippen LogP contribution in [0.25, 0.3) is 0 Å². The molecular weight excluding hydrogens is 272 g/mol. The molecule has 1 saturated carbocycles. The van der Waals surface area contributed by atoms with Gasteiger partial charge < -0.3 is 4.74 Å². The van der Waals surface area contributed by atoms with E-state index in [1.807, 2.05) is 17.8 Å². The summed E-state index contributed by atoms with van der Waals surface area (Å²) in [6, 6.07) is 8.29. The van der Waals surface area contributed by atoms with E-state index in [4.69, 9.17) is 4.74 Å². The summed E-state index contributed by atoms with van der Waals surface area (Å²) < 4.78 is 5.21. The Kier molecular flexibility index (Phi) is 3.62. The van der Waals surface area contributed by atoms with Crippen LogP contribution in [0.1, 0.15) is 12.8 Å². The fourth-order valence-corrected chi connectivity index (χ4v) is 3.68. The van der Waals surface area contributed by atoms with Crippen molar-refractivity contribution in [1.29, 1.82) is 0 Å². The van der Waals surface area contributed by atoms with Crippen LogP contribution in [0.4, 0.5) is 0 Å². The molecule has 0 aliphatic heterocycles. The van der Waals surface area contributed by atoms with E-state index in [1.54, 1.807) is 7.11 Å². The van der Waals surface area contributed by atoms with Crippen molar-refractivity contribution < 1.29 is 4.74 Å². The molecule has 0 heterocycles. The molecule has 1 aromatic rings. The quantitative estimate of drug-likeness (QED) is 0.599. The van der Waals surface area contributed by atoms with Gasteiger partial charge in [-0.15, -0.1) is 11.8 Å². The predicted octanol–water partition coefficient (Wildman–Crippen LogP) is 3.96. The molecule has 1 aliphatic carbocycles. The van der Waals surface area contributed by atoms with Gasteiger partial charge in [0.2, 0.25) is 0 Å². The summed E-state index contributed by atoms with van der Waals surface area (Å²) in [7, 11) is 1.71. The molecular formula is C12H15BrOS. The Morgan fingerprint density at radius 3 is 2.87 bits per heavy atom. The van der Waals surface area contributed by atoms with E-state index in [2.05, 4.69) is 34.1 Å². The lowest BCUT2D eigenvalue weighted by atomic mass is 10.2. The van der Waals surface area contributed by atoms with E-state index in [1.165, 1.54) is 23.5 Å². The molecule has 15 heavy (non-hydrogen) atoms. The second-order valence-electron chi connectivity index (χ2n) is 4.10. The van der Waals surface area contributed by atoms with Gasteiger partial charge in [0.05, 0.1) is 7.11 Å². The van der Waals surface area contributed by atoms with Crippen LogP contribution in [0.5, 0.6) is 5.75 Å². The third kappa shape index (κ3) is 2.91. The van der Waals surface area contributed by atoms with E-state index in [0.717, 1.165) is 11.1 Å². The largest absolute Gasteiger partial charge is 0.497 e. The van der Waals surface area contributed by atoms with Crippen LogP contribution >= 0.6 is 27.7 Å². The Balaban J connectivity index is 1.93. The van der Waals surface area contributed by atoms with Gasteiger partial charge in [0.15, 0.2) is 0 Å². The number of rotatable bonds is 5. The van der Waals surface area contributed by atoms with E-state index in [-0.39, 0.29) is 0 Å². The van der Waals surface area contributed by atoms with Crippen LogP contribution in [0.2, 0.25) is 0 Å². The molecule has 0 unspecified atom stereocenters. The van der Waals surface area contributed by atoms with Gasteiger partial charge in [-0.25, -0.2) is 0 Å². The van der Waals surface area contributed by atoms with Gasteiger partial charge in [-0.05, 0) is 36.5 Å². The highest BCUT2D eigenvalue weighted by Gasteiger charge is 2.41. The van der Waals surface area contributed by atoms with Gasteiger partial charge in [-0.3, -0.25) is 0 Å². The maximum Gasteiger partial charge on any atom is 0.119 e. The van der Waals surface area contributed by atoms with Crippen LogP contribution in [0, 0.1) is 5.41 Å². The minimum atomic E-state index is 0.577. The monoisotopic (exact) mass is 286 g/mol. The molecule has 0 atom stereocenters. The molecule has 0 amide bonds. The summed E-state index contributed by atoms with van der Waals surface area (Å²) in [5.74, 6) is 2.16. The molecule has 0 spiro atoms. The lowest BCUT2D eigenvalue weighted by Gasteiger charge is -2.10. The van der Waals surface area contributed by atoms with Crippen molar-refractivity contribution in [3.05, 3.63) is 24.3 Å². The molecule has 1 fully saturated rings. The van der Waals surface area contributed by atoms with Crippen molar-refractivity contribution in [2.75, 3.05) is 18.2 Å². The molecule has 1 aromatic carbocycles. The van der Waals surface area contributed by atoms with Crippen molar-refractivity contribution in [3.8, 4) is 5.75 Å². The second kappa shape index (κ2) is 4.79. The van der Waals surface area contributed by atoms with Crippen LogP contribution < -0.4 is 4.74 Å². The first-order chi connectivity index (χ1) is 7.28. The maximum atomic E-state index is 5.21. The summed E-state index contributed by atoms with van der Waals surface area (Å²) in [5.41, 5.74) is 0.577. The molecule has 2 rings (SSSR count). The molecule has 1 nitrogen and oxygen atoms in total. The third-order valence-electron chi connectivity index (χ3n) is 2.83. The Labute approximate surface area is 104 Å². The highest BCUT2D eigenvalue weighted by molar-refractivity contribution is 9.09. The number of hydrogen-bond donors (Lipinski definition) is 0. The third-order valence-corrected chi connectivity index (χ3v) is 5.36. The fourth-order valence-electron chi connectivity index (χ4n) is 1.42. The average Bonchev–Trinajstić information content (AvgIpc) is 3.07. The van der Waals surface area contributed by atoms with Gasteiger partial charge in [0.1, 0.15) is 5.75 Å². The normalized spacial score (nSPS) is 17.5. The highest BCUT2D eigenvalue weighted by atomic mass is 79.9. The van der Waals surface area contributed by atoms with Gasteiger partial charge in [0, 0.05) is 16.0 Å². The smallest absolute Gasteiger partial charge is 0.119 e. The number of alkyl halides is 1. The summed E-state index contributed by atoms with van der Waals surface area (Å²) in [6.45, 7) is 0. The van der Waals surface area contributed by atoms with Crippen molar-refractivity contribution in [2.24, 2.45) is 5.41 Å². The Morgan fingerprint density at radius 1 is 1.47 bits per heavy atom. The summed E-state index contributed by atoms with van der Waals surface area (Å²) in [6.07, 6.45) is 2.74. The molecule has 1 aliphatic rings. The zero-order valence-electron chi connectivity index (χ0n) is 8.83. The first-order valence-corrected chi connectivity index (χ1v) is 7.22. The topological polar surface area (TPSA) is 9.23 Å².